The van der Waals surface area contributed by atoms with Gasteiger partial charge in [-0.15, -0.1) is 0 Å². The van der Waals surface area contributed by atoms with E-state index in [1.165, 1.54) is 0 Å². The highest BCUT2D eigenvalue weighted by Crippen LogP contribution is 2.55. The molecule has 2 aliphatic carbocycles. The Morgan fingerprint density at radius 2 is 2.00 bits per heavy atom. The maximum absolute atomic E-state index is 12.2. The predicted molar refractivity (Wildman–Crippen MR) is 70.5 cm³/mol. The minimum Gasteiger partial charge on any atom is -0.481 e. The lowest BCUT2D eigenvalue weighted by Crippen LogP contribution is -2.43. The minimum atomic E-state index is -0.699. The molecule has 2 bridgehead atoms. The van der Waals surface area contributed by atoms with Crippen molar-refractivity contribution in [1.29, 1.82) is 0 Å². The van der Waals surface area contributed by atoms with Crippen LogP contribution in [0.5, 0.6) is 0 Å². The summed E-state index contributed by atoms with van der Waals surface area (Å²) in [7, 11) is 0. The summed E-state index contributed by atoms with van der Waals surface area (Å²) >= 11 is 0. The van der Waals surface area contributed by atoms with E-state index in [1.54, 1.807) is 0 Å². The predicted octanol–water partition coefficient (Wildman–Crippen LogP) is 2.86. The first-order valence-corrected chi connectivity index (χ1v) is 7.16. The normalized spacial score (nSPS) is 37.4. The number of carboxylic acid groups (broad SMARTS) is 1. The average Bonchev–Trinajstić information content (AvgIpc) is 2.85. The van der Waals surface area contributed by atoms with Crippen LogP contribution >= 0.6 is 0 Å². The zero-order chi connectivity index (χ0) is 14.4. The average molecular weight is 268 g/mol. The third kappa shape index (κ3) is 2.37. The van der Waals surface area contributed by atoms with E-state index < -0.39 is 17.0 Å². The second-order valence-corrected chi connectivity index (χ2v) is 7.02. The summed E-state index contributed by atoms with van der Waals surface area (Å²) in [5, 5.41) is 9.15. The largest absolute Gasteiger partial charge is 0.481 e. The summed E-state index contributed by atoms with van der Waals surface area (Å²) in [5.74, 6) is -0.720. The number of carboxylic acids is 1. The van der Waals surface area contributed by atoms with Crippen LogP contribution in [0.1, 0.15) is 53.4 Å². The molecule has 4 heteroatoms. The fourth-order valence-electron chi connectivity index (χ4n) is 3.46. The van der Waals surface area contributed by atoms with Gasteiger partial charge in [-0.25, -0.2) is 0 Å². The fraction of sp³-hybridized carbons (Fsp3) is 0.867. The second kappa shape index (κ2) is 4.50. The molecule has 2 saturated carbocycles. The Kier molecular flexibility index (Phi) is 3.40. The Balaban J connectivity index is 2.04. The first-order chi connectivity index (χ1) is 8.69. The molecule has 0 aliphatic heterocycles. The van der Waals surface area contributed by atoms with Crippen molar-refractivity contribution in [1.82, 2.24) is 0 Å². The Hall–Kier alpha value is -1.06. The number of carbonyl (C=O) groups excluding carboxylic acids is 1. The van der Waals surface area contributed by atoms with Gasteiger partial charge < -0.3 is 9.84 Å². The van der Waals surface area contributed by atoms with Gasteiger partial charge in [0.25, 0.3) is 0 Å². The summed E-state index contributed by atoms with van der Waals surface area (Å²) in [6, 6.07) is 0. The molecular formula is C15H24O4. The molecule has 108 valence electrons. The van der Waals surface area contributed by atoms with Gasteiger partial charge in [-0.2, -0.15) is 0 Å². The van der Waals surface area contributed by atoms with Gasteiger partial charge >= 0.3 is 11.9 Å². The molecule has 0 heterocycles. The van der Waals surface area contributed by atoms with Gasteiger partial charge in [0, 0.05) is 0 Å². The standard InChI is InChI=1S/C15H24O4/c1-5-14(2,3)13(18)19-15(4)8-9-6-10(15)7-11(9)12(16)17/h9-11H,5-8H2,1-4H3,(H,16,17). The Bertz CT molecular complexity index is 401. The first kappa shape index (κ1) is 14.4. The quantitative estimate of drug-likeness (QED) is 0.796. The number of esters is 1. The molecular weight excluding hydrogens is 244 g/mol. The molecule has 0 aromatic heterocycles. The minimum absolute atomic E-state index is 0.156. The van der Waals surface area contributed by atoms with Crippen LogP contribution in [0.4, 0.5) is 0 Å². The lowest BCUT2D eigenvalue weighted by molar-refractivity contribution is -0.176. The molecule has 4 unspecified atom stereocenters. The Morgan fingerprint density at radius 1 is 1.37 bits per heavy atom. The summed E-state index contributed by atoms with van der Waals surface area (Å²) in [6.45, 7) is 7.74. The van der Waals surface area contributed by atoms with E-state index in [2.05, 4.69) is 0 Å². The van der Waals surface area contributed by atoms with Crippen molar-refractivity contribution in [3.05, 3.63) is 0 Å². The molecule has 0 aromatic carbocycles. The van der Waals surface area contributed by atoms with E-state index in [4.69, 9.17) is 9.84 Å². The van der Waals surface area contributed by atoms with Crippen LogP contribution in [0.3, 0.4) is 0 Å². The third-order valence-corrected chi connectivity index (χ3v) is 5.31. The zero-order valence-corrected chi connectivity index (χ0v) is 12.2. The van der Waals surface area contributed by atoms with Crippen LogP contribution in [0, 0.1) is 23.2 Å². The van der Waals surface area contributed by atoms with Gasteiger partial charge in [-0.1, -0.05) is 6.92 Å². The lowest BCUT2D eigenvalue weighted by atomic mass is 9.79. The van der Waals surface area contributed by atoms with Gasteiger partial charge in [-0.3, -0.25) is 9.59 Å². The molecule has 2 fully saturated rings. The summed E-state index contributed by atoms with van der Waals surface area (Å²) in [4.78, 5) is 23.3. The highest BCUT2D eigenvalue weighted by molar-refractivity contribution is 5.76. The van der Waals surface area contributed by atoms with Gasteiger partial charge in [0.05, 0.1) is 11.3 Å². The van der Waals surface area contributed by atoms with Gasteiger partial charge in [0.15, 0.2) is 0 Å². The van der Waals surface area contributed by atoms with E-state index in [-0.39, 0.29) is 23.7 Å². The third-order valence-electron chi connectivity index (χ3n) is 5.31. The van der Waals surface area contributed by atoms with E-state index in [1.807, 2.05) is 27.7 Å². The molecule has 1 N–H and O–H groups in total. The molecule has 19 heavy (non-hydrogen) atoms. The molecule has 0 radical (unpaired) electrons. The number of aliphatic carboxylic acids is 1. The number of hydrogen-bond donors (Lipinski definition) is 1. The van der Waals surface area contributed by atoms with Gasteiger partial charge in [0.2, 0.25) is 0 Å². The molecule has 4 nitrogen and oxygen atoms in total. The van der Waals surface area contributed by atoms with E-state index in [0.717, 1.165) is 12.8 Å². The van der Waals surface area contributed by atoms with Gasteiger partial charge in [-0.05, 0) is 58.3 Å². The van der Waals surface area contributed by atoms with E-state index in [0.29, 0.717) is 12.8 Å². The van der Waals surface area contributed by atoms with Crippen LogP contribution in [-0.2, 0) is 14.3 Å². The van der Waals surface area contributed by atoms with Crippen molar-refractivity contribution in [2.75, 3.05) is 0 Å². The Morgan fingerprint density at radius 3 is 2.42 bits per heavy atom. The van der Waals surface area contributed by atoms with Crippen molar-refractivity contribution >= 4 is 11.9 Å². The molecule has 4 atom stereocenters. The van der Waals surface area contributed by atoms with E-state index >= 15 is 0 Å². The highest BCUT2D eigenvalue weighted by Gasteiger charge is 2.57. The van der Waals surface area contributed by atoms with Crippen LogP contribution in [0.2, 0.25) is 0 Å². The molecule has 0 spiro atoms. The maximum Gasteiger partial charge on any atom is 0.312 e. The first-order valence-electron chi connectivity index (χ1n) is 7.16. The Labute approximate surface area is 114 Å². The molecule has 0 aromatic rings. The van der Waals surface area contributed by atoms with Crippen molar-refractivity contribution < 1.29 is 19.4 Å². The molecule has 0 amide bonds. The number of hydrogen-bond acceptors (Lipinski definition) is 3. The molecule has 2 rings (SSSR count). The number of carbonyl (C=O) groups is 2. The van der Waals surface area contributed by atoms with Crippen LogP contribution in [0.25, 0.3) is 0 Å². The summed E-state index contributed by atoms with van der Waals surface area (Å²) in [5.41, 5.74) is -0.919. The van der Waals surface area contributed by atoms with Crippen molar-refractivity contribution in [3.8, 4) is 0 Å². The number of ether oxygens (including phenoxy) is 1. The summed E-state index contributed by atoms with van der Waals surface area (Å²) < 4.78 is 5.78. The molecule has 0 saturated heterocycles. The van der Waals surface area contributed by atoms with Crippen molar-refractivity contribution in [2.24, 2.45) is 23.2 Å². The second-order valence-electron chi connectivity index (χ2n) is 7.02. The lowest BCUT2D eigenvalue weighted by Gasteiger charge is -2.37. The summed E-state index contributed by atoms with van der Waals surface area (Å²) in [6.07, 6.45) is 2.97. The molecule has 2 aliphatic rings. The number of rotatable bonds is 4. The highest BCUT2D eigenvalue weighted by atomic mass is 16.6. The number of fused-ring (bicyclic) bond motifs is 2. The van der Waals surface area contributed by atoms with Crippen molar-refractivity contribution in [3.63, 3.8) is 0 Å². The zero-order valence-electron chi connectivity index (χ0n) is 12.2. The monoisotopic (exact) mass is 268 g/mol. The van der Waals surface area contributed by atoms with Gasteiger partial charge in [0.1, 0.15) is 5.60 Å². The van der Waals surface area contributed by atoms with Crippen LogP contribution in [-0.4, -0.2) is 22.6 Å². The SMILES string of the molecule is CCC(C)(C)C(=O)OC1(C)CC2CC1CC2C(=O)O. The maximum atomic E-state index is 12.2. The topological polar surface area (TPSA) is 63.6 Å². The van der Waals surface area contributed by atoms with Crippen molar-refractivity contribution in [2.45, 2.75) is 59.0 Å². The van der Waals surface area contributed by atoms with Crippen LogP contribution in [0.15, 0.2) is 0 Å². The fourth-order valence-corrected chi connectivity index (χ4v) is 3.46. The van der Waals surface area contributed by atoms with Crippen LogP contribution < -0.4 is 0 Å². The smallest absolute Gasteiger partial charge is 0.312 e. The van der Waals surface area contributed by atoms with E-state index in [9.17, 15) is 9.59 Å².